The third-order valence-corrected chi connectivity index (χ3v) is 7.36. The zero-order chi connectivity index (χ0) is 18.1. The van der Waals surface area contributed by atoms with Gasteiger partial charge >= 0.3 is 0 Å². The first-order valence-corrected chi connectivity index (χ1v) is 10.2. The monoisotopic (exact) mass is 348 g/mol. The average Bonchev–Trinajstić information content (AvgIpc) is 3.41. The maximum Gasteiger partial charge on any atom is 0.0642 e. The minimum atomic E-state index is -0.123. The van der Waals surface area contributed by atoms with Gasteiger partial charge < -0.3 is 0 Å². The first kappa shape index (κ1) is 15.5. The molecule has 132 valence electrons. The van der Waals surface area contributed by atoms with Crippen LogP contribution in [-0.2, 0) is 5.41 Å². The molecule has 6 rings (SSSR count). The Bertz CT molecular complexity index is 992. The minimum absolute atomic E-state index is 0.123. The second-order valence-electron chi connectivity index (χ2n) is 8.60. The van der Waals surface area contributed by atoms with Crippen molar-refractivity contribution in [2.24, 2.45) is 17.3 Å². The van der Waals surface area contributed by atoms with E-state index in [0.717, 1.165) is 6.42 Å². The van der Waals surface area contributed by atoms with E-state index in [1.807, 2.05) is 0 Å². The summed E-state index contributed by atoms with van der Waals surface area (Å²) in [6.45, 7) is 2.43. The zero-order valence-corrected chi connectivity index (χ0v) is 15.7. The Kier molecular flexibility index (Phi) is 2.99. The van der Waals surface area contributed by atoms with Crippen LogP contribution in [0.15, 0.2) is 108 Å². The van der Waals surface area contributed by atoms with Crippen molar-refractivity contribution in [1.29, 1.82) is 0 Å². The summed E-state index contributed by atoms with van der Waals surface area (Å²) in [6.07, 6.45) is 14.5. The fourth-order valence-corrected chi connectivity index (χ4v) is 6.31. The standard InChI is InChI=1S/C27H24/c1-19-10-8-16-23-25(19)27(20-11-4-2-5-12-20,21-13-6-3-7-14-21)24-17-9-15-22-18-26(22,23)24/h2-9,11-17,19,22H,10,18H2,1H3. The topological polar surface area (TPSA) is 0 Å². The van der Waals surface area contributed by atoms with Gasteiger partial charge in [0.05, 0.1) is 5.41 Å². The van der Waals surface area contributed by atoms with Gasteiger partial charge in [0.2, 0.25) is 0 Å². The lowest BCUT2D eigenvalue weighted by Gasteiger charge is -2.40. The molecule has 0 bridgehead atoms. The molecule has 0 nitrogen and oxygen atoms in total. The highest BCUT2D eigenvalue weighted by atomic mass is 14.7. The molecule has 4 aliphatic rings. The molecular formula is C27H24. The maximum atomic E-state index is 2.47. The van der Waals surface area contributed by atoms with Gasteiger partial charge in [-0.25, -0.2) is 0 Å². The number of hydrogen-bond acceptors (Lipinski definition) is 0. The predicted molar refractivity (Wildman–Crippen MR) is 111 cm³/mol. The summed E-state index contributed by atoms with van der Waals surface area (Å²) in [5.41, 5.74) is 7.85. The molecule has 0 aliphatic heterocycles. The average molecular weight is 348 g/mol. The Morgan fingerprint density at radius 3 is 2.22 bits per heavy atom. The summed E-state index contributed by atoms with van der Waals surface area (Å²) in [7, 11) is 0. The molecule has 0 N–H and O–H groups in total. The van der Waals surface area contributed by atoms with Gasteiger partial charge in [0.1, 0.15) is 0 Å². The number of benzene rings is 2. The van der Waals surface area contributed by atoms with Gasteiger partial charge in [-0.3, -0.25) is 0 Å². The first-order valence-electron chi connectivity index (χ1n) is 10.2. The van der Waals surface area contributed by atoms with Gasteiger partial charge in [-0.2, -0.15) is 0 Å². The third-order valence-electron chi connectivity index (χ3n) is 7.36. The van der Waals surface area contributed by atoms with E-state index in [4.69, 9.17) is 0 Å². The molecule has 1 fully saturated rings. The second-order valence-corrected chi connectivity index (χ2v) is 8.60. The summed E-state index contributed by atoms with van der Waals surface area (Å²) in [4.78, 5) is 0. The zero-order valence-electron chi connectivity index (χ0n) is 15.7. The Hall–Kier alpha value is -2.60. The van der Waals surface area contributed by atoms with Crippen LogP contribution in [0.5, 0.6) is 0 Å². The van der Waals surface area contributed by atoms with Crippen molar-refractivity contribution in [3.63, 3.8) is 0 Å². The molecule has 3 atom stereocenters. The van der Waals surface area contributed by atoms with E-state index in [-0.39, 0.29) is 10.8 Å². The molecule has 1 saturated carbocycles. The van der Waals surface area contributed by atoms with Crippen molar-refractivity contribution in [1.82, 2.24) is 0 Å². The van der Waals surface area contributed by atoms with Crippen LogP contribution in [0.3, 0.4) is 0 Å². The van der Waals surface area contributed by atoms with Crippen LogP contribution in [0.25, 0.3) is 0 Å². The second kappa shape index (κ2) is 5.23. The summed E-state index contributed by atoms with van der Waals surface area (Å²) >= 11 is 0. The van der Waals surface area contributed by atoms with Crippen molar-refractivity contribution in [3.8, 4) is 0 Å². The van der Waals surface area contributed by atoms with Gasteiger partial charge in [-0.15, -0.1) is 0 Å². The van der Waals surface area contributed by atoms with Gasteiger partial charge in [0.15, 0.2) is 0 Å². The van der Waals surface area contributed by atoms with Crippen molar-refractivity contribution in [3.05, 3.63) is 119 Å². The van der Waals surface area contributed by atoms with Crippen LogP contribution in [0, 0.1) is 17.3 Å². The van der Waals surface area contributed by atoms with Crippen molar-refractivity contribution < 1.29 is 0 Å². The molecule has 0 aromatic heterocycles. The summed E-state index contributed by atoms with van der Waals surface area (Å²) in [5.74, 6) is 1.24. The Morgan fingerprint density at radius 1 is 0.889 bits per heavy atom. The molecule has 0 heteroatoms. The van der Waals surface area contributed by atoms with E-state index >= 15 is 0 Å². The molecule has 0 radical (unpaired) electrons. The quantitative estimate of drug-likeness (QED) is 0.590. The summed E-state index contributed by atoms with van der Waals surface area (Å²) in [5, 5.41) is 0. The Balaban J connectivity index is 1.77. The molecule has 0 amide bonds. The van der Waals surface area contributed by atoms with Gasteiger partial charge in [0, 0.05) is 5.41 Å². The van der Waals surface area contributed by atoms with Crippen molar-refractivity contribution >= 4 is 0 Å². The molecule has 3 unspecified atom stereocenters. The van der Waals surface area contributed by atoms with Crippen LogP contribution < -0.4 is 0 Å². The van der Waals surface area contributed by atoms with Crippen LogP contribution in [0.4, 0.5) is 0 Å². The lowest BCUT2D eigenvalue weighted by molar-refractivity contribution is 0.565. The SMILES string of the molecule is CC1CC=CC2=C1C(c1ccccc1)(c1ccccc1)C1=CC=CC3CC123. The van der Waals surface area contributed by atoms with E-state index in [1.165, 1.54) is 17.5 Å². The molecule has 27 heavy (non-hydrogen) atoms. The Labute approximate surface area is 161 Å². The van der Waals surface area contributed by atoms with Crippen LogP contribution >= 0.6 is 0 Å². The lowest BCUT2D eigenvalue weighted by atomic mass is 9.62. The molecule has 2 aromatic carbocycles. The van der Waals surface area contributed by atoms with E-state index < -0.39 is 0 Å². The molecular weight excluding hydrogens is 324 g/mol. The molecule has 1 spiro atoms. The van der Waals surface area contributed by atoms with Gasteiger partial charge in [-0.05, 0) is 52.5 Å². The fourth-order valence-electron chi connectivity index (χ4n) is 6.31. The molecule has 0 saturated heterocycles. The van der Waals surface area contributed by atoms with Gasteiger partial charge in [-0.1, -0.05) is 98.0 Å². The summed E-state index contributed by atoms with van der Waals surface area (Å²) < 4.78 is 0. The predicted octanol–water partition coefficient (Wildman–Crippen LogP) is 6.38. The van der Waals surface area contributed by atoms with E-state index in [2.05, 4.69) is 98.0 Å². The smallest absolute Gasteiger partial charge is 0.0642 e. The highest BCUT2D eigenvalue weighted by molar-refractivity contribution is 5.74. The van der Waals surface area contributed by atoms with Gasteiger partial charge in [0.25, 0.3) is 0 Å². The van der Waals surface area contributed by atoms with Crippen LogP contribution in [0.2, 0.25) is 0 Å². The maximum absolute atomic E-state index is 2.47. The molecule has 4 aliphatic carbocycles. The van der Waals surface area contributed by atoms with E-state index in [0.29, 0.717) is 11.8 Å². The first-order chi connectivity index (χ1) is 13.3. The van der Waals surface area contributed by atoms with Crippen molar-refractivity contribution in [2.45, 2.75) is 25.2 Å². The third kappa shape index (κ3) is 1.74. The lowest BCUT2D eigenvalue weighted by Crippen LogP contribution is -2.34. The molecule has 2 aromatic rings. The number of allylic oxidation sites excluding steroid dienone is 8. The highest BCUT2D eigenvalue weighted by Gasteiger charge is 2.69. The number of rotatable bonds is 2. The van der Waals surface area contributed by atoms with Crippen LogP contribution in [-0.4, -0.2) is 0 Å². The minimum Gasteiger partial charge on any atom is -0.0836 e. The fraction of sp³-hybridized carbons (Fsp3) is 0.259. The van der Waals surface area contributed by atoms with E-state index in [9.17, 15) is 0 Å². The van der Waals surface area contributed by atoms with E-state index in [1.54, 1.807) is 16.7 Å². The number of hydrogen-bond donors (Lipinski definition) is 0. The largest absolute Gasteiger partial charge is 0.0836 e. The molecule has 0 heterocycles. The van der Waals surface area contributed by atoms with Crippen LogP contribution in [0.1, 0.15) is 30.9 Å². The normalized spacial score (nSPS) is 31.8. The van der Waals surface area contributed by atoms with Crippen molar-refractivity contribution in [2.75, 3.05) is 0 Å². The highest BCUT2D eigenvalue weighted by Crippen LogP contribution is 2.77. The summed E-state index contributed by atoms with van der Waals surface area (Å²) in [6, 6.07) is 22.5. The Morgan fingerprint density at radius 2 is 1.56 bits per heavy atom.